The first kappa shape index (κ1) is 21.2. The van der Waals surface area contributed by atoms with E-state index in [1.165, 1.54) is 0 Å². The number of esters is 1. The van der Waals surface area contributed by atoms with Crippen molar-refractivity contribution >= 4 is 18.0 Å². The third-order valence-corrected chi connectivity index (χ3v) is 2.59. The van der Waals surface area contributed by atoms with Gasteiger partial charge in [0.25, 0.3) is 5.91 Å². The summed E-state index contributed by atoms with van der Waals surface area (Å²) in [7, 11) is 0. The molecule has 0 saturated heterocycles. The summed E-state index contributed by atoms with van der Waals surface area (Å²) in [5, 5.41) is 24.0. The number of aliphatic imine (C=N–C) groups is 1. The maximum Gasteiger partial charge on any atom is 0.325 e. The molecule has 0 aromatic carbocycles. The fourth-order valence-corrected chi connectivity index (χ4v) is 1.66. The Labute approximate surface area is 136 Å². The van der Waals surface area contributed by atoms with Crippen molar-refractivity contribution in [1.82, 2.24) is 5.32 Å². The number of aliphatic hydroxyl groups is 1. The predicted octanol–water partition coefficient (Wildman–Crippen LogP) is -0.273. The minimum Gasteiger partial charge on any atom is -0.595 e. The Kier molecular flexibility index (Phi) is 9.24. The molecular weight excluding hydrogens is 304 g/mol. The number of carbonyl (C=O) groups is 2. The summed E-state index contributed by atoms with van der Waals surface area (Å²) in [5.41, 5.74) is -0.714. The fraction of sp³-hybridized carbons (Fsp3) is 0.800. The van der Waals surface area contributed by atoms with Gasteiger partial charge in [-0.3, -0.25) is 14.6 Å². The summed E-state index contributed by atoms with van der Waals surface area (Å²) in [6.45, 7) is 8.40. The molecule has 0 saturated carbocycles. The zero-order valence-electron chi connectivity index (χ0n) is 14.4. The Hall–Kier alpha value is -1.83. The quantitative estimate of drug-likeness (QED) is 0.359. The molecule has 2 N–H and O–H groups in total. The van der Waals surface area contributed by atoms with Crippen LogP contribution in [0, 0.1) is 0 Å². The maximum atomic E-state index is 11.9. The van der Waals surface area contributed by atoms with E-state index in [2.05, 4.69) is 15.0 Å². The van der Waals surface area contributed by atoms with E-state index < -0.39 is 35.7 Å². The molecule has 0 aliphatic carbocycles. The summed E-state index contributed by atoms with van der Waals surface area (Å²) in [6, 6.07) is -0.933. The van der Waals surface area contributed by atoms with E-state index in [-0.39, 0.29) is 13.2 Å². The van der Waals surface area contributed by atoms with Crippen LogP contribution in [0.3, 0.4) is 0 Å². The van der Waals surface area contributed by atoms with Gasteiger partial charge in [-0.2, -0.15) is 0 Å². The van der Waals surface area contributed by atoms with E-state index in [4.69, 9.17) is 4.74 Å². The Bertz CT molecular complexity index is 417. The molecule has 0 radical (unpaired) electrons. The van der Waals surface area contributed by atoms with E-state index >= 15 is 0 Å². The molecule has 0 fully saturated rings. The lowest BCUT2D eigenvalue weighted by Crippen LogP contribution is -2.44. The van der Waals surface area contributed by atoms with Crippen LogP contribution in [0.15, 0.2) is 4.99 Å². The number of ether oxygens (including phenoxy) is 2. The molecule has 2 unspecified atom stereocenters. The fourth-order valence-electron chi connectivity index (χ4n) is 1.66. The lowest BCUT2D eigenvalue weighted by molar-refractivity contribution is -0.261. The highest BCUT2D eigenvalue weighted by atomic mass is 16.6. The standard InChI is InChI=1S/C15H28N2O6/c1-6-8-10(17-14(21)23-15(3,4)5)12(19)13(20)16-9-11(18)22-7-2/h10,12,19H,6-9H2,1-5H3,(H,16,20)(H,17,21)/p-1. The van der Waals surface area contributed by atoms with Crippen molar-refractivity contribution in [3.05, 3.63) is 0 Å². The first-order valence-corrected chi connectivity index (χ1v) is 7.66. The van der Waals surface area contributed by atoms with Gasteiger partial charge in [0.15, 0.2) is 6.10 Å². The van der Waals surface area contributed by atoms with Gasteiger partial charge in [-0.1, -0.05) is 34.1 Å². The van der Waals surface area contributed by atoms with Crippen LogP contribution in [0.5, 0.6) is 0 Å². The van der Waals surface area contributed by atoms with Crippen LogP contribution in [0.4, 0.5) is 0 Å². The molecule has 0 aliphatic heterocycles. The Morgan fingerprint density at radius 3 is 2.39 bits per heavy atom. The minimum atomic E-state index is -1.54. The van der Waals surface area contributed by atoms with E-state index in [9.17, 15) is 19.8 Å². The van der Waals surface area contributed by atoms with Gasteiger partial charge in [0.2, 0.25) is 0 Å². The van der Waals surface area contributed by atoms with Gasteiger partial charge in [-0.05, 0) is 13.3 Å². The molecule has 0 aromatic heterocycles. The van der Waals surface area contributed by atoms with Crippen LogP contribution in [-0.4, -0.2) is 54.0 Å². The largest absolute Gasteiger partial charge is 0.595 e. The van der Waals surface area contributed by atoms with Crippen LogP contribution in [0.1, 0.15) is 47.5 Å². The Morgan fingerprint density at radius 2 is 1.91 bits per heavy atom. The SMILES string of the molecule is CCCC(N=C([O-])OC(C)(C)C)C(O)C(=O)NCC(=O)OCC. The highest BCUT2D eigenvalue weighted by Crippen LogP contribution is 2.11. The third-order valence-electron chi connectivity index (χ3n) is 2.59. The van der Waals surface area contributed by atoms with Crippen molar-refractivity contribution in [1.29, 1.82) is 0 Å². The second-order valence-corrected chi connectivity index (χ2v) is 5.93. The van der Waals surface area contributed by atoms with E-state index in [0.29, 0.717) is 12.8 Å². The molecule has 8 nitrogen and oxygen atoms in total. The minimum absolute atomic E-state index is 0.198. The number of hydrogen-bond acceptors (Lipinski definition) is 7. The van der Waals surface area contributed by atoms with Gasteiger partial charge < -0.3 is 25.0 Å². The number of rotatable bonds is 8. The van der Waals surface area contributed by atoms with E-state index in [0.717, 1.165) is 0 Å². The number of nitrogens with one attached hydrogen (secondary N) is 1. The lowest BCUT2D eigenvalue weighted by Gasteiger charge is -2.30. The smallest absolute Gasteiger partial charge is 0.325 e. The van der Waals surface area contributed by atoms with Gasteiger partial charge >= 0.3 is 5.97 Å². The van der Waals surface area contributed by atoms with E-state index in [1.54, 1.807) is 27.7 Å². The second kappa shape index (κ2) is 10.0. The molecule has 0 aliphatic rings. The number of carbonyl (C=O) groups excluding carboxylic acids is 2. The molecule has 2 atom stereocenters. The highest BCUT2D eigenvalue weighted by molar-refractivity contribution is 5.85. The first-order chi connectivity index (χ1) is 10.6. The molecule has 134 valence electrons. The van der Waals surface area contributed by atoms with Crippen molar-refractivity contribution in [2.45, 2.75) is 65.2 Å². The zero-order valence-corrected chi connectivity index (χ0v) is 14.4. The maximum absolute atomic E-state index is 11.9. The van der Waals surface area contributed by atoms with Gasteiger partial charge in [-0.15, -0.1) is 0 Å². The third kappa shape index (κ3) is 9.72. The number of nitrogens with zero attached hydrogens (tertiary/aromatic N) is 1. The zero-order chi connectivity index (χ0) is 18.0. The van der Waals surface area contributed by atoms with Crippen molar-refractivity contribution in [2.75, 3.05) is 13.2 Å². The first-order valence-electron chi connectivity index (χ1n) is 7.66. The van der Waals surface area contributed by atoms with Crippen LogP contribution in [0.25, 0.3) is 0 Å². The van der Waals surface area contributed by atoms with Crippen LogP contribution >= 0.6 is 0 Å². The molecule has 1 amide bonds. The second-order valence-electron chi connectivity index (χ2n) is 5.93. The van der Waals surface area contributed by atoms with Crippen LogP contribution in [0.2, 0.25) is 0 Å². The van der Waals surface area contributed by atoms with Gasteiger partial charge in [0, 0.05) is 5.60 Å². The van der Waals surface area contributed by atoms with E-state index in [1.807, 2.05) is 6.92 Å². The van der Waals surface area contributed by atoms with Crippen LogP contribution < -0.4 is 10.4 Å². The predicted molar refractivity (Wildman–Crippen MR) is 82.6 cm³/mol. The Morgan fingerprint density at radius 1 is 1.30 bits per heavy atom. The summed E-state index contributed by atoms with van der Waals surface area (Å²) in [5.74, 6) is -1.40. The average molecular weight is 331 g/mol. The van der Waals surface area contributed by atoms with Gasteiger partial charge in [-0.25, -0.2) is 0 Å². The average Bonchev–Trinajstić information content (AvgIpc) is 2.41. The van der Waals surface area contributed by atoms with Crippen molar-refractivity contribution < 1.29 is 29.3 Å². The molecular formula is C15H27N2O6-. The number of hydrogen-bond donors (Lipinski definition) is 2. The molecule has 0 aromatic rings. The lowest BCUT2D eigenvalue weighted by atomic mass is 10.1. The number of aliphatic hydroxyl groups excluding tert-OH is 1. The highest BCUT2D eigenvalue weighted by Gasteiger charge is 2.25. The molecule has 8 heteroatoms. The molecule has 0 bridgehead atoms. The van der Waals surface area contributed by atoms with Gasteiger partial charge in [0.05, 0.1) is 12.6 Å². The Balaban J connectivity index is 4.77. The topological polar surface area (TPSA) is 120 Å². The van der Waals surface area contributed by atoms with Gasteiger partial charge in [0.1, 0.15) is 12.6 Å². The number of amides is 1. The van der Waals surface area contributed by atoms with Crippen molar-refractivity contribution in [3.8, 4) is 0 Å². The van der Waals surface area contributed by atoms with Crippen molar-refractivity contribution in [2.24, 2.45) is 4.99 Å². The monoisotopic (exact) mass is 331 g/mol. The summed E-state index contributed by atoms with van der Waals surface area (Å²) < 4.78 is 9.72. The summed E-state index contributed by atoms with van der Waals surface area (Å²) in [6.07, 6.45) is -1.45. The molecule has 0 heterocycles. The van der Waals surface area contributed by atoms with Crippen molar-refractivity contribution in [3.63, 3.8) is 0 Å². The molecule has 0 spiro atoms. The summed E-state index contributed by atoms with van der Waals surface area (Å²) in [4.78, 5) is 26.8. The molecule has 0 rings (SSSR count). The normalized spacial score (nSPS) is 14.8. The van der Waals surface area contributed by atoms with Crippen LogP contribution in [-0.2, 0) is 19.1 Å². The summed E-state index contributed by atoms with van der Waals surface area (Å²) >= 11 is 0. The molecule has 23 heavy (non-hydrogen) atoms.